The molecular weight excluding hydrogens is 247 g/mol. The van der Waals surface area contributed by atoms with E-state index in [0.717, 1.165) is 9.62 Å². The van der Waals surface area contributed by atoms with Gasteiger partial charge in [-0.05, 0) is 5.20 Å². The molecule has 0 aromatic heterocycles. The number of hydrogen-bond acceptors (Lipinski definition) is 2. The monoisotopic (exact) mass is 258 g/mol. The van der Waals surface area contributed by atoms with E-state index >= 15 is 0 Å². The molecule has 0 atom stereocenters. The standard InChI is InChI=1S/C5H11IO2Si/c1-5(4-6)9(7-2)8-3/h9H,1,4H2,2-3H3. The molecule has 9 heavy (non-hydrogen) atoms. The predicted octanol–water partition coefficient (Wildman–Crippen LogP) is 1.03. The van der Waals surface area contributed by atoms with Gasteiger partial charge in [0, 0.05) is 18.6 Å². The Bertz CT molecular complexity index is 93.0. The van der Waals surface area contributed by atoms with Crippen LogP contribution in [0.15, 0.2) is 11.8 Å². The highest BCUT2D eigenvalue weighted by Crippen LogP contribution is 2.02. The van der Waals surface area contributed by atoms with Crippen LogP contribution in [0.1, 0.15) is 0 Å². The third-order valence-corrected chi connectivity index (χ3v) is 4.47. The lowest BCUT2D eigenvalue weighted by molar-refractivity contribution is 0.287. The lowest BCUT2D eigenvalue weighted by Crippen LogP contribution is -2.22. The lowest BCUT2D eigenvalue weighted by atomic mass is 10.8. The van der Waals surface area contributed by atoms with Crippen molar-refractivity contribution in [1.29, 1.82) is 0 Å². The minimum Gasteiger partial charge on any atom is -0.397 e. The summed E-state index contributed by atoms with van der Waals surface area (Å²) in [6.07, 6.45) is 0. The first-order valence-electron chi connectivity index (χ1n) is 2.55. The first-order chi connectivity index (χ1) is 4.26. The first kappa shape index (κ1) is 9.61. The average Bonchev–Trinajstić information content (AvgIpc) is 1.90. The summed E-state index contributed by atoms with van der Waals surface area (Å²) in [6, 6.07) is 0. The maximum atomic E-state index is 5.06. The van der Waals surface area contributed by atoms with E-state index in [1.54, 1.807) is 14.2 Å². The van der Waals surface area contributed by atoms with Gasteiger partial charge in [0.05, 0.1) is 0 Å². The summed E-state index contributed by atoms with van der Waals surface area (Å²) in [5.74, 6) is 0. The molecule has 0 amide bonds. The highest BCUT2D eigenvalue weighted by molar-refractivity contribution is 14.1. The van der Waals surface area contributed by atoms with E-state index in [1.807, 2.05) is 0 Å². The van der Waals surface area contributed by atoms with E-state index in [-0.39, 0.29) is 0 Å². The van der Waals surface area contributed by atoms with Gasteiger partial charge in [-0.3, -0.25) is 0 Å². The van der Waals surface area contributed by atoms with Gasteiger partial charge in [0.15, 0.2) is 0 Å². The van der Waals surface area contributed by atoms with Crippen molar-refractivity contribution in [3.8, 4) is 0 Å². The van der Waals surface area contributed by atoms with Gasteiger partial charge in [-0.25, -0.2) is 0 Å². The number of halogens is 1. The highest BCUT2D eigenvalue weighted by atomic mass is 127. The lowest BCUT2D eigenvalue weighted by Gasteiger charge is -2.10. The van der Waals surface area contributed by atoms with Gasteiger partial charge in [-0.15, -0.1) is 0 Å². The summed E-state index contributed by atoms with van der Waals surface area (Å²) >= 11 is 2.25. The maximum absolute atomic E-state index is 5.06. The average molecular weight is 258 g/mol. The zero-order valence-corrected chi connectivity index (χ0v) is 9.00. The normalized spacial score (nSPS) is 10.2. The quantitative estimate of drug-likeness (QED) is 0.426. The van der Waals surface area contributed by atoms with Crippen LogP contribution in [0.4, 0.5) is 0 Å². The molecule has 0 radical (unpaired) electrons. The van der Waals surface area contributed by atoms with E-state index in [9.17, 15) is 0 Å². The fourth-order valence-electron chi connectivity index (χ4n) is 0.493. The SMILES string of the molecule is C=C(CI)[SiH](OC)OC. The van der Waals surface area contributed by atoms with E-state index in [1.165, 1.54) is 0 Å². The first-order valence-corrected chi connectivity index (χ1v) is 5.60. The molecule has 0 aromatic rings. The second-order valence-electron chi connectivity index (χ2n) is 1.60. The molecule has 0 aliphatic heterocycles. The van der Waals surface area contributed by atoms with Crippen molar-refractivity contribution < 1.29 is 8.85 Å². The van der Waals surface area contributed by atoms with Gasteiger partial charge in [-0.2, -0.15) is 0 Å². The molecule has 0 spiro atoms. The van der Waals surface area contributed by atoms with Crippen molar-refractivity contribution in [3.05, 3.63) is 11.8 Å². The van der Waals surface area contributed by atoms with Crippen molar-refractivity contribution >= 4 is 31.9 Å². The number of rotatable bonds is 4. The highest BCUT2D eigenvalue weighted by Gasteiger charge is 2.11. The van der Waals surface area contributed by atoms with Crippen LogP contribution >= 0.6 is 22.6 Å². The molecule has 54 valence electrons. The van der Waals surface area contributed by atoms with Crippen molar-refractivity contribution in [1.82, 2.24) is 0 Å². The summed E-state index contributed by atoms with van der Waals surface area (Å²) in [6.45, 7) is 3.82. The Morgan fingerprint density at radius 1 is 1.56 bits per heavy atom. The fourth-order valence-corrected chi connectivity index (χ4v) is 2.56. The Labute approximate surface area is 71.2 Å². The third-order valence-electron chi connectivity index (χ3n) is 0.933. The molecule has 0 unspecified atom stereocenters. The molecule has 0 aromatic carbocycles. The summed E-state index contributed by atoms with van der Waals surface area (Å²) in [4.78, 5) is 0. The van der Waals surface area contributed by atoms with E-state index in [2.05, 4.69) is 29.2 Å². The molecule has 0 N–H and O–H groups in total. The Morgan fingerprint density at radius 3 is 2.11 bits per heavy atom. The molecule has 0 aliphatic rings. The van der Waals surface area contributed by atoms with Crippen LogP contribution in [0.25, 0.3) is 0 Å². The van der Waals surface area contributed by atoms with Crippen molar-refractivity contribution in [2.24, 2.45) is 0 Å². The summed E-state index contributed by atoms with van der Waals surface area (Å²) < 4.78 is 11.1. The molecule has 0 fully saturated rings. The summed E-state index contributed by atoms with van der Waals surface area (Å²) in [5.41, 5.74) is 0. The van der Waals surface area contributed by atoms with Gasteiger partial charge < -0.3 is 8.85 Å². The molecule has 0 aliphatic carbocycles. The van der Waals surface area contributed by atoms with E-state index < -0.39 is 9.28 Å². The topological polar surface area (TPSA) is 18.5 Å². The van der Waals surface area contributed by atoms with Gasteiger partial charge in [0.25, 0.3) is 0 Å². The van der Waals surface area contributed by atoms with Crippen LogP contribution < -0.4 is 0 Å². The molecule has 0 bridgehead atoms. The second kappa shape index (κ2) is 5.40. The zero-order chi connectivity index (χ0) is 7.28. The van der Waals surface area contributed by atoms with Crippen LogP contribution in [0.3, 0.4) is 0 Å². The van der Waals surface area contributed by atoms with Crippen LogP contribution in [0.5, 0.6) is 0 Å². The van der Waals surface area contributed by atoms with Crippen LogP contribution in [-0.2, 0) is 8.85 Å². The number of hydrogen-bond donors (Lipinski definition) is 0. The molecular formula is C5H11IO2Si. The molecule has 2 nitrogen and oxygen atoms in total. The molecule has 0 rings (SSSR count). The Hall–Kier alpha value is 0.607. The number of allylic oxidation sites excluding steroid dienone is 1. The van der Waals surface area contributed by atoms with Gasteiger partial charge in [0.2, 0.25) is 0 Å². The summed E-state index contributed by atoms with van der Waals surface area (Å²) in [7, 11) is 1.84. The Morgan fingerprint density at radius 2 is 2.00 bits per heavy atom. The van der Waals surface area contributed by atoms with Crippen molar-refractivity contribution in [3.63, 3.8) is 0 Å². The fraction of sp³-hybridized carbons (Fsp3) is 0.600. The number of alkyl halides is 1. The predicted molar refractivity (Wildman–Crippen MR) is 49.2 cm³/mol. The Balaban J connectivity index is 3.64. The molecule has 4 heteroatoms. The van der Waals surface area contributed by atoms with E-state index in [4.69, 9.17) is 8.85 Å². The molecule has 0 heterocycles. The van der Waals surface area contributed by atoms with Crippen LogP contribution in [0.2, 0.25) is 0 Å². The maximum Gasteiger partial charge on any atom is 0.351 e. The van der Waals surface area contributed by atoms with Crippen LogP contribution in [-0.4, -0.2) is 27.9 Å². The smallest absolute Gasteiger partial charge is 0.351 e. The minimum absolute atomic E-state index is 0.927. The minimum atomic E-state index is -1.49. The van der Waals surface area contributed by atoms with Crippen LogP contribution in [0, 0.1) is 0 Å². The second-order valence-corrected chi connectivity index (χ2v) is 4.78. The Kier molecular flexibility index (Phi) is 5.76. The van der Waals surface area contributed by atoms with Gasteiger partial charge in [0.1, 0.15) is 0 Å². The van der Waals surface area contributed by atoms with Gasteiger partial charge >= 0.3 is 9.28 Å². The molecule has 0 saturated carbocycles. The molecule has 0 saturated heterocycles. The summed E-state index contributed by atoms with van der Waals surface area (Å²) in [5, 5.41) is 1.10. The third kappa shape index (κ3) is 3.34. The largest absolute Gasteiger partial charge is 0.397 e. The van der Waals surface area contributed by atoms with Crippen molar-refractivity contribution in [2.45, 2.75) is 0 Å². The van der Waals surface area contributed by atoms with Gasteiger partial charge in [-0.1, -0.05) is 29.2 Å². The van der Waals surface area contributed by atoms with Crippen molar-refractivity contribution in [2.75, 3.05) is 18.6 Å². The van der Waals surface area contributed by atoms with E-state index in [0.29, 0.717) is 0 Å². The zero-order valence-electron chi connectivity index (χ0n) is 5.69.